The Morgan fingerprint density at radius 1 is 1.40 bits per heavy atom. The van der Waals surface area contributed by atoms with E-state index in [1.807, 2.05) is 6.07 Å². The predicted octanol–water partition coefficient (Wildman–Crippen LogP) is 2.64. The zero-order chi connectivity index (χ0) is 14.4. The van der Waals surface area contributed by atoms with Gasteiger partial charge in [-0.2, -0.15) is 0 Å². The number of carbonyl (C=O) groups is 1. The van der Waals surface area contributed by atoms with Crippen molar-refractivity contribution in [2.24, 2.45) is 5.92 Å². The molecule has 3 nitrogen and oxygen atoms in total. The second-order valence-corrected chi connectivity index (χ2v) is 6.18. The van der Waals surface area contributed by atoms with Crippen molar-refractivity contribution in [1.82, 2.24) is 10.6 Å². The smallest absolute Gasteiger partial charge is 0.233 e. The third kappa shape index (κ3) is 5.59. The Morgan fingerprint density at radius 3 is 2.90 bits per heavy atom. The Hall–Kier alpha value is -0.940. The number of benzene rings is 1. The maximum Gasteiger partial charge on any atom is 0.233 e. The first-order valence-electron chi connectivity index (χ1n) is 7.06. The first kappa shape index (κ1) is 15.4. The van der Waals surface area contributed by atoms with E-state index in [4.69, 9.17) is 0 Å². The van der Waals surface area contributed by atoms with Crippen molar-refractivity contribution < 1.29 is 9.18 Å². The molecule has 1 aromatic rings. The van der Waals surface area contributed by atoms with Crippen molar-refractivity contribution in [2.45, 2.75) is 25.7 Å². The number of hydrogen-bond acceptors (Lipinski definition) is 2. The van der Waals surface area contributed by atoms with Crippen LogP contribution in [0, 0.1) is 11.7 Å². The highest BCUT2D eigenvalue weighted by molar-refractivity contribution is 9.10. The molecule has 0 atom stereocenters. The minimum atomic E-state index is -0.197. The average Bonchev–Trinajstić information content (AvgIpc) is 3.21. The van der Waals surface area contributed by atoms with Crippen LogP contribution in [0.3, 0.4) is 0 Å². The van der Waals surface area contributed by atoms with Crippen LogP contribution in [-0.4, -0.2) is 25.5 Å². The van der Waals surface area contributed by atoms with Crippen molar-refractivity contribution in [3.8, 4) is 0 Å². The van der Waals surface area contributed by atoms with Gasteiger partial charge in [-0.05, 0) is 55.8 Å². The Balaban J connectivity index is 1.56. The van der Waals surface area contributed by atoms with E-state index in [0.717, 1.165) is 23.4 Å². The lowest BCUT2D eigenvalue weighted by molar-refractivity contribution is -0.120. The molecule has 1 aromatic carbocycles. The summed E-state index contributed by atoms with van der Waals surface area (Å²) in [4.78, 5) is 11.5. The van der Waals surface area contributed by atoms with Crippen LogP contribution in [-0.2, 0) is 11.2 Å². The quantitative estimate of drug-likeness (QED) is 0.713. The van der Waals surface area contributed by atoms with Gasteiger partial charge in [0.1, 0.15) is 5.82 Å². The van der Waals surface area contributed by atoms with Crippen LogP contribution in [0.1, 0.15) is 24.8 Å². The number of aryl methyl sites for hydroxylation is 1. The highest BCUT2D eigenvalue weighted by Crippen LogP contribution is 2.27. The molecule has 0 spiro atoms. The molecule has 1 amide bonds. The molecule has 1 aliphatic rings. The van der Waals surface area contributed by atoms with Gasteiger partial charge in [-0.25, -0.2) is 4.39 Å². The predicted molar refractivity (Wildman–Crippen MR) is 81.0 cm³/mol. The SMILES string of the molecule is O=C(CNCC1CC1)NCCCc1ccc(Br)cc1F. The van der Waals surface area contributed by atoms with Crippen molar-refractivity contribution in [3.05, 3.63) is 34.1 Å². The summed E-state index contributed by atoms with van der Waals surface area (Å²) in [5.74, 6) is 0.599. The standard InChI is InChI=1S/C15H20BrFN2O/c16-13-6-5-12(14(17)8-13)2-1-7-19-15(20)10-18-9-11-3-4-11/h5-6,8,11,18H,1-4,7,9-10H2,(H,19,20). The molecule has 0 radical (unpaired) electrons. The molecule has 0 unspecified atom stereocenters. The molecule has 1 saturated carbocycles. The van der Waals surface area contributed by atoms with Crippen LogP contribution >= 0.6 is 15.9 Å². The van der Waals surface area contributed by atoms with Gasteiger partial charge in [0.2, 0.25) is 5.91 Å². The highest BCUT2D eigenvalue weighted by Gasteiger charge is 2.20. The van der Waals surface area contributed by atoms with Crippen molar-refractivity contribution >= 4 is 21.8 Å². The van der Waals surface area contributed by atoms with Crippen molar-refractivity contribution in [1.29, 1.82) is 0 Å². The van der Waals surface area contributed by atoms with E-state index in [9.17, 15) is 9.18 Å². The van der Waals surface area contributed by atoms with E-state index >= 15 is 0 Å². The number of amides is 1. The molecule has 5 heteroatoms. The van der Waals surface area contributed by atoms with Crippen molar-refractivity contribution in [3.63, 3.8) is 0 Å². The molecule has 0 saturated heterocycles. The molecule has 0 aliphatic heterocycles. The van der Waals surface area contributed by atoms with E-state index in [-0.39, 0.29) is 11.7 Å². The first-order valence-corrected chi connectivity index (χ1v) is 7.86. The molecular weight excluding hydrogens is 323 g/mol. The molecule has 2 N–H and O–H groups in total. The van der Waals surface area contributed by atoms with Gasteiger partial charge in [-0.15, -0.1) is 0 Å². The lowest BCUT2D eigenvalue weighted by atomic mass is 10.1. The van der Waals surface area contributed by atoms with E-state index < -0.39 is 0 Å². The molecular formula is C15H20BrFN2O. The minimum absolute atomic E-state index is 0.0157. The van der Waals surface area contributed by atoms with E-state index in [1.165, 1.54) is 18.9 Å². The van der Waals surface area contributed by atoms with E-state index in [1.54, 1.807) is 6.07 Å². The molecule has 20 heavy (non-hydrogen) atoms. The summed E-state index contributed by atoms with van der Waals surface area (Å²) in [7, 11) is 0. The molecule has 0 bridgehead atoms. The van der Waals surface area contributed by atoms with Crippen LogP contribution in [0.25, 0.3) is 0 Å². The fraction of sp³-hybridized carbons (Fsp3) is 0.533. The van der Waals surface area contributed by atoms with Crippen LogP contribution in [0.15, 0.2) is 22.7 Å². The number of halogens is 2. The topological polar surface area (TPSA) is 41.1 Å². The van der Waals surface area contributed by atoms with Crippen LogP contribution in [0.4, 0.5) is 4.39 Å². The first-order chi connectivity index (χ1) is 9.65. The third-order valence-electron chi connectivity index (χ3n) is 3.38. The average molecular weight is 343 g/mol. The number of nitrogens with one attached hydrogen (secondary N) is 2. The maximum atomic E-state index is 13.6. The van der Waals surface area contributed by atoms with Crippen LogP contribution in [0.2, 0.25) is 0 Å². The highest BCUT2D eigenvalue weighted by atomic mass is 79.9. The van der Waals surface area contributed by atoms with Gasteiger partial charge in [-0.1, -0.05) is 22.0 Å². The molecule has 1 aliphatic carbocycles. The fourth-order valence-corrected chi connectivity index (χ4v) is 2.34. The monoisotopic (exact) mass is 342 g/mol. The summed E-state index contributed by atoms with van der Waals surface area (Å²) in [5, 5.41) is 5.99. The number of hydrogen-bond donors (Lipinski definition) is 2. The Kier molecular flexibility index (Phi) is 5.98. The van der Waals surface area contributed by atoms with Gasteiger partial charge < -0.3 is 10.6 Å². The Bertz CT molecular complexity index is 463. The molecule has 2 rings (SSSR count). The van der Waals surface area contributed by atoms with Gasteiger partial charge in [0.25, 0.3) is 0 Å². The third-order valence-corrected chi connectivity index (χ3v) is 3.87. The molecule has 0 aromatic heterocycles. The summed E-state index contributed by atoms with van der Waals surface area (Å²) in [6, 6.07) is 5.08. The lowest BCUT2D eigenvalue weighted by Crippen LogP contribution is -2.35. The molecule has 0 heterocycles. The van der Waals surface area contributed by atoms with Crippen molar-refractivity contribution in [2.75, 3.05) is 19.6 Å². The van der Waals surface area contributed by atoms with Crippen LogP contribution < -0.4 is 10.6 Å². The lowest BCUT2D eigenvalue weighted by Gasteiger charge is -2.07. The van der Waals surface area contributed by atoms with E-state index in [0.29, 0.717) is 25.1 Å². The largest absolute Gasteiger partial charge is 0.355 e. The van der Waals surface area contributed by atoms with E-state index in [2.05, 4.69) is 26.6 Å². The van der Waals surface area contributed by atoms with Gasteiger partial charge in [0.15, 0.2) is 0 Å². The minimum Gasteiger partial charge on any atom is -0.355 e. The summed E-state index contributed by atoms with van der Waals surface area (Å²) in [5.41, 5.74) is 0.689. The second kappa shape index (κ2) is 7.74. The summed E-state index contributed by atoms with van der Waals surface area (Å²) >= 11 is 3.23. The Labute approximate surface area is 127 Å². The Morgan fingerprint density at radius 2 is 2.20 bits per heavy atom. The summed E-state index contributed by atoms with van der Waals surface area (Å²) in [6.45, 7) is 1.90. The fourth-order valence-electron chi connectivity index (χ4n) is 2.01. The van der Waals surface area contributed by atoms with Gasteiger partial charge in [0, 0.05) is 11.0 Å². The number of rotatable bonds is 8. The summed E-state index contributed by atoms with van der Waals surface area (Å²) < 4.78 is 14.3. The zero-order valence-corrected chi connectivity index (χ0v) is 13.0. The van der Waals surface area contributed by atoms with Crippen LogP contribution in [0.5, 0.6) is 0 Å². The number of carbonyl (C=O) groups excluding carboxylic acids is 1. The summed E-state index contributed by atoms with van der Waals surface area (Å²) in [6.07, 6.45) is 3.95. The van der Waals surface area contributed by atoms with Gasteiger partial charge >= 0.3 is 0 Å². The normalized spacial score (nSPS) is 14.3. The van der Waals surface area contributed by atoms with Gasteiger partial charge in [0.05, 0.1) is 6.54 Å². The molecule has 1 fully saturated rings. The van der Waals surface area contributed by atoms with Gasteiger partial charge in [-0.3, -0.25) is 4.79 Å². The maximum absolute atomic E-state index is 13.6. The second-order valence-electron chi connectivity index (χ2n) is 5.26. The molecule has 110 valence electrons. The zero-order valence-electron chi connectivity index (χ0n) is 11.4.